The monoisotopic (exact) mass is 396 g/mol. The second-order valence-electron chi connectivity index (χ2n) is 7.44. The van der Waals surface area contributed by atoms with Gasteiger partial charge in [0.1, 0.15) is 0 Å². The molecule has 152 valence electrons. The summed E-state index contributed by atoms with van der Waals surface area (Å²) in [5, 5.41) is 3.97. The molecule has 0 bridgehead atoms. The fourth-order valence-corrected chi connectivity index (χ4v) is 3.62. The molecular weight excluding hydrogens is 372 g/mol. The molecule has 0 aromatic heterocycles. The summed E-state index contributed by atoms with van der Waals surface area (Å²) in [6, 6.07) is 6.69. The van der Waals surface area contributed by atoms with E-state index < -0.39 is 0 Å². The molecule has 0 atom stereocenters. The Labute approximate surface area is 168 Å². The van der Waals surface area contributed by atoms with Gasteiger partial charge in [0, 0.05) is 35.7 Å². The van der Waals surface area contributed by atoms with Gasteiger partial charge >= 0.3 is 0 Å². The van der Waals surface area contributed by atoms with Crippen LogP contribution in [-0.2, 0) is 14.4 Å². The predicted octanol–water partition coefficient (Wildman–Crippen LogP) is 1.36. The van der Waals surface area contributed by atoms with Crippen molar-refractivity contribution in [2.45, 2.75) is 32.6 Å². The summed E-state index contributed by atoms with van der Waals surface area (Å²) in [5.41, 5.74) is 9.63. The summed E-state index contributed by atoms with van der Waals surface area (Å²) in [6.45, 7) is 1.89. The van der Waals surface area contributed by atoms with Gasteiger partial charge < -0.3 is 5.73 Å². The Kier molecular flexibility index (Phi) is 6.21. The highest BCUT2D eigenvalue weighted by Gasteiger charge is 2.31. The minimum Gasteiger partial charge on any atom is -0.382 e. The number of benzene rings is 1. The molecule has 1 saturated carbocycles. The topological polar surface area (TPSA) is 122 Å². The normalized spacial score (nSPS) is 22.1. The molecule has 8 nitrogen and oxygen atoms in total. The van der Waals surface area contributed by atoms with Crippen LogP contribution in [0.2, 0.25) is 0 Å². The van der Waals surface area contributed by atoms with Crippen LogP contribution < -0.4 is 11.2 Å². The molecule has 3 N–H and O–H groups in total. The Bertz CT molecular complexity index is 862. The van der Waals surface area contributed by atoms with Gasteiger partial charge in [0.2, 0.25) is 5.91 Å². The highest BCUT2D eigenvalue weighted by molar-refractivity contribution is 6.12. The van der Waals surface area contributed by atoms with Crippen molar-refractivity contribution in [2.24, 2.45) is 22.7 Å². The van der Waals surface area contributed by atoms with E-state index in [1.807, 2.05) is 0 Å². The van der Waals surface area contributed by atoms with Gasteiger partial charge in [-0.3, -0.25) is 24.1 Å². The second-order valence-corrected chi connectivity index (χ2v) is 7.44. The lowest BCUT2D eigenvalue weighted by Crippen LogP contribution is -2.38. The van der Waals surface area contributed by atoms with Crippen LogP contribution in [0.5, 0.6) is 0 Å². The van der Waals surface area contributed by atoms with E-state index >= 15 is 0 Å². The van der Waals surface area contributed by atoms with Crippen molar-refractivity contribution in [2.75, 3.05) is 6.54 Å². The maximum Gasteiger partial charge on any atom is 0.253 e. The molecule has 1 heterocycles. The fourth-order valence-electron chi connectivity index (χ4n) is 3.62. The quantitative estimate of drug-likeness (QED) is 0.247. The average Bonchev–Trinajstić information content (AvgIpc) is 3.04. The van der Waals surface area contributed by atoms with Crippen LogP contribution in [0, 0.1) is 11.8 Å². The number of hydrogen-bond acceptors (Lipinski definition) is 5. The number of Topliss-reactive ketones (excluding diaryl/α,β-unsaturated/α-hetero) is 1. The molecule has 8 heteroatoms. The standard InChI is InChI=1S/C21H24N4O4/c1-13(26)15-6-8-16(9-7-15)20(22)23-24-21(29)17-4-2-14(3-5-17)12-25-18(27)10-11-19(25)28/h6-11,14,17H,2-5,12H2,1H3,(H2,22,23)(H,24,29). The summed E-state index contributed by atoms with van der Waals surface area (Å²) in [7, 11) is 0. The second kappa shape index (κ2) is 8.81. The van der Waals surface area contributed by atoms with E-state index in [4.69, 9.17) is 5.73 Å². The maximum absolute atomic E-state index is 12.4. The molecule has 0 unspecified atom stereocenters. The number of carbonyl (C=O) groups is 4. The van der Waals surface area contributed by atoms with Crippen molar-refractivity contribution >= 4 is 29.3 Å². The Morgan fingerprint density at radius 3 is 2.14 bits per heavy atom. The van der Waals surface area contributed by atoms with Gasteiger partial charge in [0.25, 0.3) is 11.8 Å². The number of carbonyl (C=O) groups excluding carboxylic acids is 4. The zero-order valence-electron chi connectivity index (χ0n) is 16.3. The van der Waals surface area contributed by atoms with E-state index in [9.17, 15) is 19.2 Å². The molecular formula is C21H24N4O4. The van der Waals surface area contributed by atoms with Crippen molar-refractivity contribution in [3.05, 3.63) is 47.5 Å². The number of rotatable bonds is 6. The third kappa shape index (κ3) is 4.96. The lowest BCUT2D eigenvalue weighted by Gasteiger charge is -2.29. The van der Waals surface area contributed by atoms with Crippen LogP contribution >= 0.6 is 0 Å². The van der Waals surface area contributed by atoms with Crippen molar-refractivity contribution in [1.29, 1.82) is 0 Å². The Hall–Kier alpha value is -3.29. The molecule has 29 heavy (non-hydrogen) atoms. The van der Waals surface area contributed by atoms with Crippen LogP contribution in [0.3, 0.4) is 0 Å². The number of nitrogens with one attached hydrogen (secondary N) is 1. The molecule has 1 aliphatic heterocycles. The lowest BCUT2D eigenvalue weighted by atomic mass is 9.81. The Morgan fingerprint density at radius 1 is 1.03 bits per heavy atom. The summed E-state index contributed by atoms with van der Waals surface area (Å²) in [5.74, 6) is -0.564. The predicted molar refractivity (Wildman–Crippen MR) is 107 cm³/mol. The number of nitrogens with two attached hydrogens (primary N) is 1. The van der Waals surface area contributed by atoms with Crippen LogP contribution in [0.15, 0.2) is 41.5 Å². The van der Waals surface area contributed by atoms with E-state index in [1.165, 1.54) is 24.0 Å². The first kappa shape index (κ1) is 20.4. The van der Waals surface area contributed by atoms with E-state index in [0.29, 0.717) is 30.5 Å². The van der Waals surface area contributed by atoms with Gasteiger partial charge in [-0.15, -0.1) is 0 Å². The first-order valence-electron chi connectivity index (χ1n) is 9.63. The molecule has 1 fully saturated rings. The fraction of sp³-hybridized carbons (Fsp3) is 0.381. The number of imide groups is 1. The minimum atomic E-state index is -0.268. The molecule has 0 radical (unpaired) electrons. The summed E-state index contributed by atoms with van der Waals surface area (Å²) in [6.07, 6.45) is 5.45. The zero-order chi connectivity index (χ0) is 21.0. The third-order valence-corrected chi connectivity index (χ3v) is 5.43. The highest BCUT2D eigenvalue weighted by atomic mass is 16.2. The Balaban J connectivity index is 1.48. The molecule has 1 aromatic rings. The van der Waals surface area contributed by atoms with Gasteiger partial charge in [-0.1, -0.05) is 24.3 Å². The van der Waals surface area contributed by atoms with Crippen molar-refractivity contribution < 1.29 is 19.2 Å². The first-order valence-corrected chi connectivity index (χ1v) is 9.63. The van der Waals surface area contributed by atoms with Gasteiger partial charge in [-0.05, 0) is 38.5 Å². The van der Waals surface area contributed by atoms with E-state index in [2.05, 4.69) is 10.5 Å². The number of amidine groups is 1. The summed E-state index contributed by atoms with van der Waals surface area (Å²) < 4.78 is 0. The van der Waals surface area contributed by atoms with Crippen LogP contribution in [-0.4, -0.2) is 40.8 Å². The largest absolute Gasteiger partial charge is 0.382 e. The minimum absolute atomic E-state index is 0.0364. The maximum atomic E-state index is 12.4. The summed E-state index contributed by atoms with van der Waals surface area (Å²) >= 11 is 0. The van der Waals surface area contributed by atoms with Crippen LogP contribution in [0.1, 0.15) is 48.5 Å². The van der Waals surface area contributed by atoms with Gasteiger partial charge in [-0.25, -0.2) is 5.43 Å². The molecule has 1 aliphatic carbocycles. The number of hydrogen-bond donors (Lipinski definition) is 2. The SMILES string of the molecule is CC(=O)c1ccc(/C(N)=N\NC(=O)C2CCC(CN3C(=O)C=CC3=O)CC2)cc1. The van der Waals surface area contributed by atoms with E-state index in [-0.39, 0.29) is 41.2 Å². The first-order chi connectivity index (χ1) is 13.8. The van der Waals surface area contributed by atoms with Crippen LogP contribution in [0.25, 0.3) is 0 Å². The number of amides is 3. The number of nitrogens with zero attached hydrogens (tertiary/aromatic N) is 2. The molecule has 3 amide bonds. The zero-order valence-corrected chi connectivity index (χ0v) is 16.3. The Morgan fingerprint density at radius 2 is 1.59 bits per heavy atom. The number of ketones is 1. The molecule has 3 rings (SSSR count). The summed E-state index contributed by atoms with van der Waals surface area (Å²) in [4.78, 5) is 48.3. The van der Waals surface area contributed by atoms with E-state index in [1.54, 1.807) is 24.3 Å². The van der Waals surface area contributed by atoms with Crippen molar-refractivity contribution in [3.8, 4) is 0 Å². The average molecular weight is 396 g/mol. The highest BCUT2D eigenvalue weighted by Crippen LogP contribution is 2.30. The molecule has 0 saturated heterocycles. The molecule has 1 aromatic carbocycles. The smallest absolute Gasteiger partial charge is 0.253 e. The van der Waals surface area contributed by atoms with Gasteiger partial charge in [0.05, 0.1) is 0 Å². The van der Waals surface area contributed by atoms with Gasteiger partial charge in [-0.2, -0.15) is 5.10 Å². The van der Waals surface area contributed by atoms with Crippen molar-refractivity contribution in [1.82, 2.24) is 10.3 Å². The van der Waals surface area contributed by atoms with E-state index in [0.717, 1.165) is 12.8 Å². The van der Waals surface area contributed by atoms with Crippen molar-refractivity contribution in [3.63, 3.8) is 0 Å². The van der Waals surface area contributed by atoms with Crippen LogP contribution in [0.4, 0.5) is 0 Å². The number of hydrazone groups is 1. The van der Waals surface area contributed by atoms with Gasteiger partial charge in [0.15, 0.2) is 11.6 Å². The molecule has 0 spiro atoms. The third-order valence-electron chi connectivity index (χ3n) is 5.43. The lowest BCUT2D eigenvalue weighted by molar-refractivity contribution is -0.138. The molecule has 2 aliphatic rings.